The normalized spacial score (nSPS) is 35.1. The van der Waals surface area contributed by atoms with E-state index in [1.165, 1.54) is 64.7 Å². The molecule has 1 saturated heterocycles. The highest BCUT2D eigenvalue weighted by Gasteiger charge is 2.24. The maximum absolute atomic E-state index is 3.55. The number of hydrogen-bond acceptors (Lipinski definition) is 2. The lowest BCUT2D eigenvalue weighted by Gasteiger charge is -2.37. The number of nitrogens with zero attached hydrogens (tertiary/aromatic N) is 1. The second-order valence-electron chi connectivity index (χ2n) is 6.21. The average molecular weight is 238 g/mol. The molecular formula is C15H30N2. The first-order valence-electron chi connectivity index (χ1n) is 7.74. The van der Waals surface area contributed by atoms with Crippen LogP contribution in [-0.2, 0) is 0 Å². The molecule has 0 aromatic heterocycles. The van der Waals surface area contributed by atoms with Crippen LogP contribution in [0.1, 0.15) is 52.4 Å². The van der Waals surface area contributed by atoms with Crippen molar-refractivity contribution in [2.45, 2.75) is 58.4 Å². The van der Waals surface area contributed by atoms with Crippen LogP contribution in [0.15, 0.2) is 0 Å². The summed E-state index contributed by atoms with van der Waals surface area (Å²) in [7, 11) is 0. The Bertz CT molecular complexity index is 203. The molecule has 1 saturated carbocycles. The largest absolute Gasteiger partial charge is 0.315 e. The summed E-state index contributed by atoms with van der Waals surface area (Å²) in [5.41, 5.74) is 0. The van der Waals surface area contributed by atoms with Crippen LogP contribution in [0.4, 0.5) is 0 Å². The van der Waals surface area contributed by atoms with Gasteiger partial charge in [0.1, 0.15) is 0 Å². The number of hydrogen-bond donors (Lipinski definition) is 1. The number of piperidine rings is 1. The van der Waals surface area contributed by atoms with Crippen LogP contribution in [0.5, 0.6) is 0 Å². The van der Waals surface area contributed by atoms with Crippen LogP contribution in [0, 0.1) is 11.8 Å². The number of likely N-dealkylation sites (N-methyl/N-ethyl adjacent to an activating group) is 1. The van der Waals surface area contributed by atoms with E-state index in [0.29, 0.717) is 0 Å². The van der Waals surface area contributed by atoms with Crippen LogP contribution in [-0.4, -0.2) is 37.1 Å². The standard InChI is InChI=1S/C15H30N2/c1-3-17(15-5-4-10-16-11-15)12-14-8-6-13(2)7-9-14/h13-16H,3-12H2,1-2H3. The van der Waals surface area contributed by atoms with Crippen molar-refractivity contribution in [2.75, 3.05) is 26.2 Å². The Labute approximate surface area is 107 Å². The maximum Gasteiger partial charge on any atom is 0.0221 e. The zero-order valence-electron chi connectivity index (χ0n) is 11.8. The van der Waals surface area contributed by atoms with E-state index < -0.39 is 0 Å². The van der Waals surface area contributed by atoms with Crippen molar-refractivity contribution >= 4 is 0 Å². The predicted molar refractivity (Wildman–Crippen MR) is 74.3 cm³/mol. The van der Waals surface area contributed by atoms with E-state index in [-0.39, 0.29) is 0 Å². The van der Waals surface area contributed by atoms with Gasteiger partial charge in [-0.1, -0.05) is 26.7 Å². The summed E-state index contributed by atoms with van der Waals surface area (Å²) in [5, 5.41) is 3.55. The molecule has 2 fully saturated rings. The molecule has 2 nitrogen and oxygen atoms in total. The van der Waals surface area contributed by atoms with Gasteiger partial charge in [0.2, 0.25) is 0 Å². The molecule has 2 rings (SSSR count). The molecule has 1 heterocycles. The lowest BCUT2D eigenvalue weighted by atomic mass is 9.82. The van der Waals surface area contributed by atoms with Crippen molar-refractivity contribution < 1.29 is 0 Å². The quantitative estimate of drug-likeness (QED) is 0.810. The second-order valence-corrected chi connectivity index (χ2v) is 6.21. The second kappa shape index (κ2) is 6.75. The fourth-order valence-electron chi connectivity index (χ4n) is 3.52. The van der Waals surface area contributed by atoms with Crippen LogP contribution in [0.25, 0.3) is 0 Å². The summed E-state index contributed by atoms with van der Waals surface area (Å²) in [6.07, 6.45) is 8.64. The minimum atomic E-state index is 0.813. The Balaban J connectivity index is 1.78. The van der Waals surface area contributed by atoms with Crippen molar-refractivity contribution in [2.24, 2.45) is 11.8 Å². The Morgan fingerprint density at radius 2 is 1.88 bits per heavy atom. The van der Waals surface area contributed by atoms with Gasteiger partial charge in [-0.2, -0.15) is 0 Å². The molecule has 0 aromatic carbocycles. The van der Waals surface area contributed by atoms with Gasteiger partial charge in [0.25, 0.3) is 0 Å². The molecular weight excluding hydrogens is 208 g/mol. The molecule has 1 unspecified atom stereocenters. The molecule has 1 aliphatic heterocycles. The molecule has 1 N–H and O–H groups in total. The van der Waals surface area contributed by atoms with Crippen LogP contribution in [0.2, 0.25) is 0 Å². The summed E-state index contributed by atoms with van der Waals surface area (Å²) in [5.74, 6) is 1.96. The van der Waals surface area contributed by atoms with Gasteiger partial charge < -0.3 is 5.32 Å². The summed E-state index contributed by atoms with van der Waals surface area (Å²) in [6, 6.07) is 0.813. The molecule has 1 aliphatic carbocycles. The van der Waals surface area contributed by atoms with Gasteiger partial charge in [0.15, 0.2) is 0 Å². The lowest BCUT2D eigenvalue weighted by molar-refractivity contribution is 0.127. The highest BCUT2D eigenvalue weighted by atomic mass is 15.2. The molecule has 1 atom stereocenters. The Morgan fingerprint density at radius 1 is 1.12 bits per heavy atom. The van der Waals surface area contributed by atoms with Gasteiger partial charge in [-0.15, -0.1) is 0 Å². The van der Waals surface area contributed by atoms with Gasteiger partial charge in [0, 0.05) is 19.1 Å². The van der Waals surface area contributed by atoms with E-state index in [4.69, 9.17) is 0 Å². The fourth-order valence-corrected chi connectivity index (χ4v) is 3.52. The molecule has 2 aliphatic rings. The van der Waals surface area contributed by atoms with Crippen molar-refractivity contribution in [1.82, 2.24) is 10.2 Å². The van der Waals surface area contributed by atoms with Crippen LogP contribution in [0.3, 0.4) is 0 Å². The summed E-state index contributed by atoms with van der Waals surface area (Å²) >= 11 is 0. The highest BCUT2D eigenvalue weighted by molar-refractivity contribution is 4.81. The maximum atomic E-state index is 3.55. The first-order chi connectivity index (χ1) is 8.29. The third-order valence-corrected chi connectivity index (χ3v) is 4.82. The van der Waals surface area contributed by atoms with Gasteiger partial charge in [0.05, 0.1) is 0 Å². The summed E-state index contributed by atoms with van der Waals surface area (Å²) in [4.78, 5) is 2.74. The first kappa shape index (κ1) is 13.4. The monoisotopic (exact) mass is 238 g/mol. The zero-order valence-corrected chi connectivity index (χ0v) is 11.8. The van der Waals surface area contributed by atoms with E-state index in [1.54, 1.807) is 0 Å². The van der Waals surface area contributed by atoms with E-state index >= 15 is 0 Å². The highest BCUT2D eigenvalue weighted by Crippen LogP contribution is 2.29. The third-order valence-electron chi connectivity index (χ3n) is 4.82. The van der Waals surface area contributed by atoms with Crippen molar-refractivity contribution in [3.63, 3.8) is 0 Å². The average Bonchev–Trinajstić information content (AvgIpc) is 2.39. The van der Waals surface area contributed by atoms with Crippen molar-refractivity contribution in [3.05, 3.63) is 0 Å². The molecule has 0 spiro atoms. The minimum Gasteiger partial charge on any atom is -0.315 e. The lowest BCUT2D eigenvalue weighted by Crippen LogP contribution is -2.47. The Hall–Kier alpha value is -0.0800. The van der Waals surface area contributed by atoms with Crippen molar-refractivity contribution in [3.8, 4) is 0 Å². The molecule has 0 bridgehead atoms. The predicted octanol–water partition coefficient (Wildman–Crippen LogP) is 2.89. The van der Waals surface area contributed by atoms with E-state index in [1.807, 2.05) is 0 Å². The molecule has 0 amide bonds. The van der Waals surface area contributed by atoms with E-state index in [9.17, 15) is 0 Å². The molecule has 100 valence electrons. The van der Waals surface area contributed by atoms with Gasteiger partial charge in [-0.3, -0.25) is 4.90 Å². The van der Waals surface area contributed by atoms with Crippen molar-refractivity contribution in [1.29, 1.82) is 0 Å². The minimum absolute atomic E-state index is 0.813. The zero-order chi connectivity index (χ0) is 12.1. The van der Waals surface area contributed by atoms with E-state index in [2.05, 4.69) is 24.1 Å². The van der Waals surface area contributed by atoms with Gasteiger partial charge >= 0.3 is 0 Å². The molecule has 17 heavy (non-hydrogen) atoms. The fraction of sp³-hybridized carbons (Fsp3) is 1.00. The van der Waals surface area contributed by atoms with Crippen LogP contribution < -0.4 is 5.32 Å². The smallest absolute Gasteiger partial charge is 0.0221 e. The summed E-state index contributed by atoms with van der Waals surface area (Å²) in [6.45, 7) is 9.79. The SMILES string of the molecule is CCN(CC1CCC(C)CC1)C1CCCNC1. The topological polar surface area (TPSA) is 15.3 Å². The molecule has 2 heteroatoms. The molecule has 0 aromatic rings. The van der Waals surface area contributed by atoms with E-state index in [0.717, 1.165) is 17.9 Å². The van der Waals surface area contributed by atoms with Gasteiger partial charge in [-0.25, -0.2) is 0 Å². The first-order valence-corrected chi connectivity index (χ1v) is 7.74. The Kier molecular flexibility index (Phi) is 5.30. The number of nitrogens with one attached hydrogen (secondary N) is 1. The summed E-state index contributed by atoms with van der Waals surface area (Å²) < 4.78 is 0. The Morgan fingerprint density at radius 3 is 2.47 bits per heavy atom. The third kappa shape index (κ3) is 3.96. The van der Waals surface area contributed by atoms with Crippen LogP contribution >= 0.6 is 0 Å². The molecule has 0 radical (unpaired) electrons. The number of rotatable bonds is 4. The van der Waals surface area contributed by atoms with Gasteiger partial charge in [-0.05, 0) is 50.6 Å².